The third kappa shape index (κ3) is 2.36. The van der Waals surface area contributed by atoms with Gasteiger partial charge in [-0.2, -0.15) is 0 Å². The van der Waals surface area contributed by atoms with E-state index in [-0.39, 0.29) is 11.9 Å². The average Bonchev–Trinajstić information content (AvgIpc) is 2.54. The zero-order chi connectivity index (χ0) is 13.2. The van der Waals surface area contributed by atoms with Gasteiger partial charge in [-0.25, -0.2) is 4.79 Å². The van der Waals surface area contributed by atoms with Crippen LogP contribution in [-0.2, 0) is 4.79 Å². The van der Waals surface area contributed by atoms with Crippen LogP contribution in [0.15, 0.2) is 0 Å². The van der Waals surface area contributed by atoms with E-state index in [9.17, 15) is 9.59 Å². The third-order valence-corrected chi connectivity index (χ3v) is 4.07. The lowest BCUT2D eigenvalue weighted by Crippen LogP contribution is -2.51. The maximum atomic E-state index is 12.1. The number of carbonyl (C=O) groups is 2. The molecule has 5 nitrogen and oxygen atoms in total. The molecule has 3 amide bonds. The minimum Gasteiger partial charge on any atom is -0.310 e. The van der Waals surface area contributed by atoms with Crippen LogP contribution < -0.4 is 5.32 Å². The molecule has 102 valence electrons. The summed E-state index contributed by atoms with van der Waals surface area (Å²) in [5.74, 6) is -0.0722. The van der Waals surface area contributed by atoms with Gasteiger partial charge in [-0.05, 0) is 39.9 Å². The Balaban J connectivity index is 2.04. The van der Waals surface area contributed by atoms with Gasteiger partial charge < -0.3 is 9.80 Å². The van der Waals surface area contributed by atoms with Crippen LogP contribution >= 0.6 is 0 Å². The molecular formula is C13H23N3O2. The zero-order valence-electron chi connectivity index (χ0n) is 11.4. The van der Waals surface area contributed by atoms with Crippen molar-refractivity contribution in [3.8, 4) is 0 Å². The number of hydrogen-bond donors (Lipinski definition) is 1. The van der Waals surface area contributed by atoms with Gasteiger partial charge in [0.05, 0.1) is 0 Å². The maximum absolute atomic E-state index is 12.1. The van der Waals surface area contributed by atoms with Crippen molar-refractivity contribution in [2.24, 2.45) is 0 Å². The average molecular weight is 253 g/mol. The Morgan fingerprint density at radius 2 is 1.89 bits per heavy atom. The molecular weight excluding hydrogens is 230 g/mol. The lowest BCUT2D eigenvalue weighted by molar-refractivity contribution is -0.128. The molecule has 0 atom stereocenters. The molecule has 1 aliphatic heterocycles. The second-order valence-corrected chi connectivity index (χ2v) is 5.66. The van der Waals surface area contributed by atoms with Crippen LogP contribution in [-0.4, -0.2) is 54.5 Å². The third-order valence-electron chi connectivity index (χ3n) is 4.07. The number of rotatable bonds is 4. The molecule has 0 bridgehead atoms. The molecule has 1 saturated carbocycles. The molecule has 0 aromatic rings. The van der Waals surface area contributed by atoms with Crippen LogP contribution in [0, 0.1) is 0 Å². The second kappa shape index (κ2) is 5.26. The van der Waals surface area contributed by atoms with Crippen molar-refractivity contribution in [2.45, 2.75) is 44.1 Å². The Kier molecular flexibility index (Phi) is 3.90. The summed E-state index contributed by atoms with van der Waals surface area (Å²) in [6.45, 7) is 1.61. The fraction of sp³-hybridized carbons (Fsp3) is 0.846. The standard InChI is InChI=1S/C13H23N3O2/c1-15(2)9-6-10-16-12(18)14-11(17)13(16)7-4-3-5-8-13/h3-10H2,1-2H3,(H,14,17,18). The van der Waals surface area contributed by atoms with Gasteiger partial charge in [-0.1, -0.05) is 19.3 Å². The van der Waals surface area contributed by atoms with Crippen molar-refractivity contribution in [3.63, 3.8) is 0 Å². The predicted molar refractivity (Wildman–Crippen MR) is 69.2 cm³/mol. The molecule has 2 rings (SSSR count). The predicted octanol–water partition coefficient (Wildman–Crippen LogP) is 1.19. The molecule has 1 spiro atoms. The van der Waals surface area contributed by atoms with Gasteiger partial charge in [0.2, 0.25) is 0 Å². The van der Waals surface area contributed by atoms with Gasteiger partial charge in [0, 0.05) is 6.54 Å². The normalized spacial score (nSPS) is 22.9. The summed E-state index contributed by atoms with van der Waals surface area (Å²) in [5.41, 5.74) is -0.526. The Morgan fingerprint density at radius 1 is 1.22 bits per heavy atom. The summed E-state index contributed by atoms with van der Waals surface area (Å²) in [5, 5.41) is 2.50. The summed E-state index contributed by atoms with van der Waals surface area (Å²) in [4.78, 5) is 27.9. The first-order valence-corrected chi connectivity index (χ1v) is 6.84. The first-order valence-electron chi connectivity index (χ1n) is 6.84. The maximum Gasteiger partial charge on any atom is 0.325 e. The van der Waals surface area contributed by atoms with E-state index in [1.165, 1.54) is 6.42 Å². The Morgan fingerprint density at radius 3 is 2.50 bits per heavy atom. The Bertz CT molecular complexity index is 335. The molecule has 0 unspecified atom stereocenters. The molecule has 5 heteroatoms. The molecule has 1 aliphatic carbocycles. The molecule has 2 fully saturated rings. The van der Waals surface area contributed by atoms with E-state index >= 15 is 0 Å². The van der Waals surface area contributed by atoms with Crippen molar-refractivity contribution in [1.82, 2.24) is 15.1 Å². The second-order valence-electron chi connectivity index (χ2n) is 5.66. The van der Waals surface area contributed by atoms with Crippen LogP contribution in [0.1, 0.15) is 38.5 Å². The highest BCUT2D eigenvalue weighted by Gasteiger charge is 2.52. The van der Waals surface area contributed by atoms with E-state index in [0.717, 1.165) is 38.6 Å². The van der Waals surface area contributed by atoms with Crippen molar-refractivity contribution in [2.75, 3.05) is 27.2 Å². The summed E-state index contributed by atoms with van der Waals surface area (Å²) < 4.78 is 0. The SMILES string of the molecule is CN(C)CCCN1C(=O)NC(=O)C12CCCCC2. The molecule has 1 saturated heterocycles. The van der Waals surface area contributed by atoms with E-state index in [0.29, 0.717) is 6.54 Å². The van der Waals surface area contributed by atoms with Crippen LogP contribution in [0.3, 0.4) is 0 Å². The zero-order valence-corrected chi connectivity index (χ0v) is 11.4. The van der Waals surface area contributed by atoms with E-state index < -0.39 is 5.54 Å². The molecule has 0 aromatic heterocycles. The smallest absolute Gasteiger partial charge is 0.310 e. The van der Waals surface area contributed by atoms with Crippen LogP contribution in [0.2, 0.25) is 0 Å². The van der Waals surface area contributed by atoms with Crippen LogP contribution in [0.4, 0.5) is 4.79 Å². The highest BCUT2D eigenvalue weighted by molar-refractivity contribution is 6.07. The van der Waals surface area contributed by atoms with Gasteiger partial charge in [0.1, 0.15) is 5.54 Å². The number of hydrogen-bond acceptors (Lipinski definition) is 3. The van der Waals surface area contributed by atoms with Crippen molar-refractivity contribution in [3.05, 3.63) is 0 Å². The fourth-order valence-corrected chi connectivity index (χ4v) is 3.09. The molecule has 1 heterocycles. The van der Waals surface area contributed by atoms with Crippen molar-refractivity contribution < 1.29 is 9.59 Å². The van der Waals surface area contributed by atoms with Gasteiger partial charge in [-0.3, -0.25) is 10.1 Å². The molecule has 1 N–H and O–H groups in total. The van der Waals surface area contributed by atoms with Crippen LogP contribution in [0.5, 0.6) is 0 Å². The quantitative estimate of drug-likeness (QED) is 0.766. The molecule has 2 aliphatic rings. The van der Waals surface area contributed by atoms with Crippen LogP contribution in [0.25, 0.3) is 0 Å². The number of nitrogens with one attached hydrogen (secondary N) is 1. The van der Waals surface area contributed by atoms with E-state index in [4.69, 9.17) is 0 Å². The molecule has 0 radical (unpaired) electrons. The molecule has 18 heavy (non-hydrogen) atoms. The highest BCUT2D eigenvalue weighted by Crippen LogP contribution is 2.37. The number of nitrogens with zero attached hydrogens (tertiary/aromatic N) is 2. The largest absolute Gasteiger partial charge is 0.325 e. The lowest BCUT2D eigenvalue weighted by Gasteiger charge is -2.38. The van der Waals surface area contributed by atoms with E-state index in [1.54, 1.807) is 4.90 Å². The number of carbonyl (C=O) groups excluding carboxylic acids is 2. The van der Waals surface area contributed by atoms with Crippen molar-refractivity contribution in [1.29, 1.82) is 0 Å². The van der Waals surface area contributed by atoms with Gasteiger partial charge in [0.25, 0.3) is 5.91 Å². The Hall–Kier alpha value is -1.10. The highest BCUT2D eigenvalue weighted by atomic mass is 16.2. The monoisotopic (exact) mass is 253 g/mol. The number of imide groups is 1. The summed E-state index contributed by atoms with van der Waals surface area (Å²) in [6.07, 6.45) is 5.83. The van der Waals surface area contributed by atoms with Gasteiger partial charge in [-0.15, -0.1) is 0 Å². The van der Waals surface area contributed by atoms with Gasteiger partial charge in [0.15, 0.2) is 0 Å². The number of amides is 3. The minimum atomic E-state index is -0.526. The number of urea groups is 1. The fourth-order valence-electron chi connectivity index (χ4n) is 3.09. The van der Waals surface area contributed by atoms with E-state index in [2.05, 4.69) is 10.2 Å². The summed E-state index contributed by atoms with van der Waals surface area (Å²) in [6, 6.07) is -0.194. The van der Waals surface area contributed by atoms with E-state index in [1.807, 2.05) is 14.1 Å². The first-order chi connectivity index (χ1) is 8.56. The van der Waals surface area contributed by atoms with Gasteiger partial charge >= 0.3 is 6.03 Å². The topological polar surface area (TPSA) is 52.6 Å². The summed E-state index contributed by atoms with van der Waals surface area (Å²) in [7, 11) is 4.04. The Labute approximate surface area is 108 Å². The molecule has 0 aromatic carbocycles. The lowest BCUT2D eigenvalue weighted by atomic mass is 9.80. The van der Waals surface area contributed by atoms with Crippen molar-refractivity contribution >= 4 is 11.9 Å². The minimum absolute atomic E-state index is 0.0722. The first kappa shape index (κ1) is 13.3. The summed E-state index contributed by atoms with van der Waals surface area (Å²) >= 11 is 0.